The van der Waals surface area contributed by atoms with Crippen molar-refractivity contribution in [3.63, 3.8) is 0 Å². The third-order valence-electron chi connectivity index (χ3n) is 5.36. The van der Waals surface area contributed by atoms with E-state index in [1.807, 2.05) is 12.1 Å². The first kappa shape index (κ1) is 22.3. The summed E-state index contributed by atoms with van der Waals surface area (Å²) in [5, 5.41) is 6.84. The molecule has 1 saturated heterocycles. The number of rotatable bonds is 8. The van der Waals surface area contributed by atoms with Crippen LogP contribution in [0, 0.1) is 12.8 Å². The molecule has 3 rings (SSSR count). The van der Waals surface area contributed by atoms with Crippen LogP contribution >= 0.6 is 0 Å². The summed E-state index contributed by atoms with van der Waals surface area (Å²) < 4.78 is 11.2. The second-order valence-electron chi connectivity index (χ2n) is 8.05. The number of guanidine groups is 1. The Balaban J connectivity index is 1.60. The third-order valence-corrected chi connectivity index (χ3v) is 5.36. The van der Waals surface area contributed by atoms with Crippen LogP contribution < -0.4 is 10.6 Å². The third kappa shape index (κ3) is 6.31. The van der Waals surface area contributed by atoms with E-state index in [0.717, 1.165) is 56.6 Å². The molecule has 2 aromatic rings. The first-order chi connectivity index (χ1) is 14.6. The molecule has 7 nitrogen and oxygen atoms in total. The molecule has 0 spiro atoms. The Kier molecular flexibility index (Phi) is 8.28. The quantitative estimate of drug-likeness (QED) is 0.512. The highest BCUT2D eigenvalue weighted by Gasteiger charge is 2.23. The van der Waals surface area contributed by atoms with Gasteiger partial charge in [-0.3, -0.25) is 4.90 Å². The number of ether oxygens (including phenoxy) is 1. The van der Waals surface area contributed by atoms with E-state index in [1.54, 1.807) is 6.26 Å². The minimum absolute atomic E-state index is 0.443. The first-order valence-corrected chi connectivity index (χ1v) is 10.9. The molecule has 0 amide bonds. The fourth-order valence-corrected chi connectivity index (χ4v) is 3.61. The number of hydrogen-bond donors (Lipinski definition) is 2. The monoisotopic (exact) mass is 413 g/mol. The number of oxazole rings is 1. The topological polar surface area (TPSA) is 74.9 Å². The van der Waals surface area contributed by atoms with Crippen LogP contribution in [0.25, 0.3) is 11.5 Å². The van der Waals surface area contributed by atoms with Crippen LogP contribution in [-0.4, -0.2) is 61.3 Å². The van der Waals surface area contributed by atoms with Crippen molar-refractivity contribution in [2.45, 2.75) is 40.3 Å². The summed E-state index contributed by atoms with van der Waals surface area (Å²) >= 11 is 0. The van der Waals surface area contributed by atoms with Crippen molar-refractivity contribution < 1.29 is 9.15 Å². The van der Waals surface area contributed by atoms with E-state index in [1.165, 1.54) is 5.56 Å². The van der Waals surface area contributed by atoms with Gasteiger partial charge in [-0.05, 0) is 31.9 Å². The Hall–Kier alpha value is -2.38. The molecule has 1 aliphatic heterocycles. The van der Waals surface area contributed by atoms with Crippen LogP contribution in [-0.2, 0) is 11.3 Å². The SMILES string of the molecule is CCNC(=NCc1coc(-c2ccc(C)cc2)n1)NCC(C(C)C)N1CCOCC1. The van der Waals surface area contributed by atoms with Gasteiger partial charge in [-0.25, -0.2) is 9.98 Å². The van der Waals surface area contributed by atoms with E-state index in [0.29, 0.717) is 24.4 Å². The lowest BCUT2D eigenvalue weighted by molar-refractivity contribution is 0.00752. The van der Waals surface area contributed by atoms with Crippen LogP contribution in [0.1, 0.15) is 32.0 Å². The minimum atomic E-state index is 0.443. The van der Waals surface area contributed by atoms with Crippen molar-refractivity contribution in [1.29, 1.82) is 0 Å². The molecule has 0 saturated carbocycles. The van der Waals surface area contributed by atoms with Gasteiger partial charge >= 0.3 is 0 Å². The van der Waals surface area contributed by atoms with Gasteiger partial charge in [0, 0.05) is 37.8 Å². The van der Waals surface area contributed by atoms with Gasteiger partial charge in [-0.2, -0.15) is 0 Å². The highest BCUT2D eigenvalue weighted by Crippen LogP contribution is 2.19. The highest BCUT2D eigenvalue weighted by atomic mass is 16.5. The first-order valence-electron chi connectivity index (χ1n) is 10.9. The van der Waals surface area contributed by atoms with Gasteiger partial charge in [-0.1, -0.05) is 31.5 Å². The molecule has 2 heterocycles. The Morgan fingerprint density at radius 3 is 2.57 bits per heavy atom. The van der Waals surface area contributed by atoms with E-state index in [4.69, 9.17) is 14.1 Å². The Bertz CT molecular complexity index is 794. The van der Waals surface area contributed by atoms with Gasteiger partial charge in [0.15, 0.2) is 5.96 Å². The van der Waals surface area contributed by atoms with Gasteiger partial charge in [0.1, 0.15) is 12.0 Å². The average molecular weight is 414 g/mol. The zero-order chi connectivity index (χ0) is 21.3. The molecule has 30 heavy (non-hydrogen) atoms. The van der Waals surface area contributed by atoms with Crippen LogP contribution in [0.3, 0.4) is 0 Å². The molecule has 1 unspecified atom stereocenters. The maximum absolute atomic E-state index is 5.65. The summed E-state index contributed by atoms with van der Waals surface area (Å²) in [5.74, 6) is 1.98. The zero-order valence-electron chi connectivity index (χ0n) is 18.6. The predicted molar refractivity (Wildman–Crippen MR) is 121 cm³/mol. The minimum Gasteiger partial charge on any atom is -0.444 e. The second-order valence-corrected chi connectivity index (χ2v) is 8.05. The summed E-state index contributed by atoms with van der Waals surface area (Å²) in [4.78, 5) is 11.8. The summed E-state index contributed by atoms with van der Waals surface area (Å²) in [5.41, 5.74) is 3.01. The number of nitrogens with zero attached hydrogens (tertiary/aromatic N) is 3. The zero-order valence-corrected chi connectivity index (χ0v) is 18.6. The molecule has 0 aliphatic carbocycles. The summed E-state index contributed by atoms with van der Waals surface area (Å²) in [6.45, 7) is 14.4. The fraction of sp³-hybridized carbons (Fsp3) is 0.565. The van der Waals surface area contributed by atoms with Crippen molar-refractivity contribution in [2.75, 3.05) is 39.4 Å². The van der Waals surface area contributed by atoms with Gasteiger partial charge in [0.05, 0.1) is 19.8 Å². The molecule has 1 aliphatic rings. The smallest absolute Gasteiger partial charge is 0.226 e. The Morgan fingerprint density at radius 2 is 1.90 bits per heavy atom. The number of aliphatic imine (C=N–C) groups is 1. The fourth-order valence-electron chi connectivity index (χ4n) is 3.61. The van der Waals surface area contributed by atoms with Crippen molar-refractivity contribution in [2.24, 2.45) is 10.9 Å². The lowest BCUT2D eigenvalue weighted by Crippen LogP contribution is -2.52. The van der Waals surface area contributed by atoms with E-state index in [2.05, 4.69) is 60.3 Å². The number of aromatic nitrogens is 1. The van der Waals surface area contributed by atoms with Crippen LogP contribution in [0.2, 0.25) is 0 Å². The maximum atomic E-state index is 5.65. The predicted octanol–water partition coefficient (Wildman–Crippen LogP) is 3.06. The van der Waals surface area contributed by atoms with Gasteiger partial charge in [0.25, 0.3) is 0 Å². The Labute approximate surface area is 179 Å². The lowest BCUT2D eigenvalue weighted by Gasteiger charge is -2.37. The van der Waals surface area contributed by atoms with E-state index in [-0.39, 0.29) is 0 Å². The van der Waals surface area contributed by atoms with E-state index >= 15 is 0 Å². The van der Waals surface area contributed by atoms with Crippen LogP contribution in [0.5, 0.6) is 0 Å². The van der Waals surface area contributed by atoms with Gasteiger partial charge in [0.2, 0.25) is 5.89 Å². The number of benzene rings is 1. The van der Waals surface area contributed by atoms with Crippen LogP contribution in [0.4, 0.5) is 0 Å². The maximum Gasteiger partial charge on any atom is 0.226 e. The second kappa shape index (κ2) is 11.1. The average Bonchev–Trinajstić information content (AvgIpc) is 3.22. The number of morpholine rings is 1. The molecule has 164 valence electrons. The summed E-state index contributed by atoms with van der Waals surface area (Å²) in [6.07, 6.45) is 1.69. The van der Waals surface area contributed by atoms with Gasteiger partial charge in [-0.15, -0.1) is 0 Å². The summed E-state index contributed by atoms with van der Waals surface area (Å²) in [6, 6.07) is 8.61. The normalized spacial score (nSPS) is 16.6. The molecule has 0 bridgehead atoms. The van der Waals surface area contributed by atoms with E-state index in [9.17, 15) is 0 Å². The summed E-state index contributed by atoms with van der Waals surface area (Å²) in [7, 11) is 0. The lowest BCUT2D eigenvalue weighted by atomic mass is 10.0. The standard InChI is InChI=1S/C23H35N5O2/c1-5-24-23(26-15-21(17(2)3)28-10-12-29-13-11-28)25-14-20-16-30-22(27-20)19-8-6-18(4)7-9-19/h6-9,16-17,21H,5,10-15H2,1-4H3,(H2,24,25,26). The highest BCUT2D eigenvalue weighted by molar-refractivity contribution is 5.79. The molecular weight excluding hydrogens is 378 g/mol. The molecule has 1 atom stereocenters. The van der Waals surface area contributed by atoms with Crippen LogP contribution in [0.15, 0.2) is 39.9 Å². The molecule has 1 aromatic heterocycles. The van der Waals surface area contributed by atoms with Crippen molar-refractivity contribution >= 4 is 5.96 Å². The molecule has 1 aromatic carbocycles. The molecular formula is C23H35N5O2. The van der Waals surface area contributed by atoms with Crippen molar-refractivity contribution in [1.82, 2.24) is 20.5 Å². The number of hydrogen-bond acceptors (Lipinski definition) is 5. The van der Waals surface area contributed by atoms with Crippen molar-refractivity contribution in [3.8, 4) is 11.5 Å². The molecule has 7 heteroatoms. The molecule has 2 N–H and O–H groups in total. The van der Waals surface area contributed by atoms with Gasteiger partial charge < -0.3 is 19.8 Å². The molecule has 0 radical (unpaired) electrons. The van der Waals surface area contributed by atoms with E-state index < -0.39 is 0 Å². The molecule has 1 fully saturated rings. The Morgan fingerprint density at radius 1 is 1.17 bits per heavy atom. The largest absolute Gasteiger partial charge is 0.444 e. The van der Waals surface area contributed by atoms with Crippen molar-refractivity contribution in [3.05, 3.63) is 41.8 Å². The number of nitrogens with one attached hydrogen (secondary N) is 2. The number of aryl methyl sites for hydroxylation is 1.